The molecule has 0 saturated heterocycles. The molecule has 0 saturated carbocycles. The maximum atomic E-state index is 13.7. The molecule has 0 fully saturated rings. The average molecular weight is 307 g/mol. The molecule has 0 N–H and O–H groups in total. The van der Waals surface area contributed by atoms with E-state index in [1.54, 1.807) is 13.1 Å². The maximum Gasteiger partial charge on any atom is 0.128 e. The van der Waals surface area contributed by atoms with Crippen LogP contribution in [0.15, 0.2) is 24.4 Å². The minimum atomic E-state index is -0.231. The van der Waals surface area contributed by atoms with E-state index in [-0.39, 0.29) is 5.82 Å². The first-order chi connectivity index (χ1) is 10.1. The lowest BCUT2D eigenvalue weighted by atomic mass is 10.2. The summed E-state index contributed by atoms with van der Waals surface area (Å²) < 4.78 is 17.6. The Bertz CT molecular complexity index is 790. The highest BCUT2D eigenvalue weighted by atomic mass is 35.5. The largest absolute Gasteiger partial charge is 0.322 e. The number of benzene rings is 1. The van der Waals surface area contributed by atoms with Gasteiger partial charge in [0.25, 0.3) is 0 Å². The van der Waals surface area contributed by atoms with E-state index in [4.69, 9.17) is 11.6 Å². The van der Waals surface area contributed by atoms with Crippen molar-refractivity contribution in [1.29, 1.82) is 0 Å². The van der Waals surface area contributed by atoms with Gasteiger partial charge < -0.3 is 4.57 Å². The molecule has 0 aliphatic heterocycles. The van der Waals surface area contributed by atoms with Crippen molar-refractivity contribution in [3.63, 3.8) is 0 Å². The third-order valence-corrected chi connectivity index (χ3v) is 3.86. The van der Waals surface area contributed by atoms with Crippen molar-refractivity contribution >= 4 is 22.6 Å². The second-order valence-electron chi connectivity index (χ2n) is 5.09. The number of hydrogen-bond donors (Lipinski definition) is 0. The van der Waals surface area contributed by atoms with Crippen LogP contribution in [-0.4, -0.2) is 25.2 Å². The Morgan fingerprint density at radius 2 is 2.14 bits per heavy atom. The summed E-state index contributed by atoms with van der Waals surface area (Å²) in [6, 6.07) is 5.29. The lowest BCUT2D eigenvalue weighted by molar-refractivity contribution is 0.620. The molecule has 0 aliphatic rings. The minimum Gasteiger partial charge on any atom is -0.322 e. The Labute approximate surface area is 127 Å². The van der Waals surface area contributed by atoms with Gasteiger partial charge in [-0.25, -0.2) is 9.37 Å². The maximum absolute atomic E-state index is 13.7. The number of rotatable bonds is 4. The average Bonchev–Trinajstić information content (AvgIpc) is 2.98. The van der Waals surface area contributed by atoms with E-state index in [1.165, 1.54) is 6.07 Å². The van der Waals surface area contributed by atoms with Gasteiger partial charge in [-0.15, -0.1) is 11.6 Å². The minimum absolute atomic E-state index is 0.231. The zero-order valence-electron chi connectivity index (χ0n) is 12.0. The van der Waals surface area contributed by atoms with Gasteiger partial charge in [0.2, 0.25) is 0 Å². The summed E-state index contributed by atoms with van der Waals surface area (Å²) in [7, 11) is 1.90. The molecular weight excluding hydrogens is 291 g/mol. The predicted molar refractivity (Wildman–Crippen MR) is 81.2 cm³/mol. The predicted octanol–water partition coefficient (Wildman–Crippen LogP) is 3.05. The van der Waals surface area contributed by atoms with Crippen LogP contribution in [0.2, 0.25) is 0 Å². The van der Waals surface area contributed by atoms with Crippen LogP contribution in [0.3, 0.4) is 0 Å². The molecule has 2 aromatic heterocycles. The molecular formula is C15H16ClFN4. The molecule has 110 valence electrons. The highest BCUT2D eigenvalue weighted by molar-refractivity contribution is 6.17. The normalized spacial score (nSPS) is 11.4. The van der Waals surface area contributed by atoms with E-state index < -0.39 is 0 Å². The van der Waals surface area contributed by atoms with Crippen LogP contribution < -0.4 is 0 Å². The fraction of sp³-hybridized carbons (Fsp3) is 0.333. The molecule has 0 unspecified atom stereocenters. The summed E-state index contributed by atoms with van der Waals surface area (Å²) in [6.07, 6.45) is 2.41. The molecule has 3 aromatic rings. The van der Waals surface area contributed by atoms with E-state index >= 15 is 0 Å². The van der Waals surface area contributed by atoms with Gasteiger partial charge in [-0.3, -0.25) is 4.68 Å². The topological polar surface area (TPSA) is 35.6 Å². The van der Waals surface area contributed by atoms with Crippen molar-refractivity contribution in [2.24, 2.45) is 7.05 Å². The number of alkyl halides is 1. The number of fused-ring (bicyclic) bond motifs is 1. The molecule has 3 rings (SSSR count). The monoisotopic (exact) mass is 306 g/mol. The van der Waals surface area contributed by atoms with E-state index in [9.17, 15) is 4.39 Å². The molecule has 0 atom stereocenters. The van der Waals surface area contributed by atoms with Crippen molar-refractivity contribution in [3.05, 3.63) is 47.3 Å². The van der Waals surface area contributed by atoms with Crippen LogP contribution >= 0.6 is 11.6 Å². The van der Waals surface area contributed by atoms with Crippen molar-refractivity contribution < 1.29 is 4.39 Å². The Morgan fingerprint density at radius 1 is 1.33 bits per heavy atom. The molecule has 4 nitrogen and oxygen atoms in total. The number of aromatic nitrogens is 4. The molecule has 6 heteroatoms. The molecule has 0 aliphatic carbocycles. The Morgan fingerprint density at radius 3 is 2.81 bits per heavy atom. The van der Waals surface area contributed by atoms with Crippen molar-refractivity contribution in [3.8, 4) is 0 Å². The fourth-order valence-corrected chi connectivity index (χ4v) is 2.64. The van der Waals surface area contributed by atoms with Gasteiger partial charge in [-0.05, 0) is 24.6 Å². The first-order valence-corrected chi connectivity index (χ1v) is 7.31. The number of aryl methyl sites for hydroxylation is 3. The van der Waals surface area contributed by atoms with Crippen LogP contribution in [0, 0.1) is 12.7 Å². The zero-order chi connectivity index (χ0) is 15.0. The van der Waals surface area contributed by atoms with Gasteiger partial charge in [0.05, 0.1) is 23.3 Å². The van der Waals surface area contributed by atoms with Crippen LogP contribution in [0.1, 0.15) is 17.1 Å². The Hall–Kier alpha value is -1.88. The summed E-state index contributed by atoms with van der Waals surface area (Å²) >= 11 is 5.87. The number of imidazole rings is 1. The van der Waals surface area contributed by atoms with E-state index in [2.05, 4.69) is 14.6 Å². The third kappa shape index (κ3) is 2.53. The molecule has 0 radical (unpaired) electrons. The second-order valence-corrected chi connectivity index (χ2v) is 5.47. The second kappa shape index (κ2) is 5.48. The van der Waals surface area contributed by atoms with Gasteiger partial charge in [0, 0.05) is 31.6 Å². The van der Waals surface area contributed by atoms with Gasteiger partial charge in [0.1, 0.15) is 11.6 Å². The smallest absolute Gasteiger partial charge is 0.128 e. The quantitative estimate of drug-likeness (QED) is 0.695. The standard InChI is InChI=1S/C15H16ClFN4/c1-10-7-14-13(8-12(10)17)19-15(3-5-16)21(14)9-11-4-6-18-20(11)2/h4,6-8H,3,5,9H2,1-2H3. The highest BCUT2D eigenvalue weighted by Crippen LogP contribution is 2.22. The number of hydrogen-bond acceptors (Lipinski definition) is 2. The van der Waals surface area contributed by atoms with Gasteiger partial charge in [-0.1, -0.05) is 0 Å². The Kier molecular flexibility index (Phi) is 3.68. The van der Waals surface area contributed by atoms with Crippen LogP contribution in [0.4, 0.5) is 4.39 Å². The van der Waals surface area contributed by atoms with E-state index in [0.717, 1.165) is 17.0 Å². The summed E-state index contributed by atoms with van der Waals surface area (Å²) in [4.78, 5) is 4.52. The fourth-order valence-electron chi connectivity index (χ4n) is 2.47. The first-order valence-electron chi connectivity index (χ1n) is 6.78. The highest BCUT2D eigenvalue weighted by Gasteiger charge is 2.14. The van der Waals surface area contributed by atoms with Crippen molar-refractivity contribution in [2.75, 3.05) is 5.88 Å². The SMILES string of the molecule is Cc1cc2c(cc1F)nc(CCCl)n2Cc1ccnn1C. The van der Waals surface area contributed by atoms with Crippen LogP contribution in [-0.2, 0) is 20.0 Å². The lowest BCUT2D eigenvalue weighted by Crippen LogP contribution is -2.09. The summed E-state index contributed by atoms with van der Waals surface area (Å²) in [5.41, 5.74) is 3.27. The van der Waals surface area contributed by atoms with Gasteiger partial charge in [-0.2, -0.15) is 5.10 Å². The molecule has 0 bridgehead atoms. The van der Waals surface area contributed by atoms with E-state index in [0.29, 0.717) is 29.9 Å². The Balaban J connectivity index is 2.15. The summed E-state index contributed by atoms with van der Waals surface area (Å²) in [5.74, 6) is 1.12. The lowest BCUT2D eigenvalue weighted by Gasteiger charge is -2.09. The molecule has 1 aromatic carbocycles. The van der Waals surface area contributed by atoms with E-state index in [1.807, 2.05) is 23.9 Å². The first kappa shape index (κ1) is 14.1. The zero-order valence-corrected chi connectivity index (χ0v) is 12.7. The summed E-state index contributed by atoms with van der Waals surface area (Å²) in [6.45, 7) is 2.40. The molecule has 2 heterocycles. The van der Waals surface area contributed by atoms with Crippen molar-refractivity contribution in [2.45, 2.75) is 19.9 Å². The van der Waals surface area contributed by atoms with Crippen LogP contribution in [0.25, 0.3) is 11.0 Å². The third-order valence-electron chi connectivity index (χ3n) is 3.67. The number of halogens is 2. The van der Waals surface area contributed by atoms with Gasteiger partial charge >= 0.3 is 0 Å². The van der Waals surface area contributed by atoms with Crippen molar-refractivity contribution in [1.82, 2.24) is 19.3 Å². The van der Waals surface area contributed by atoms with Crippen LogP contribution in [0.5, 0.6) is 0 Å². The molecule has 0 spiro atoms. The summed E-state index contributed by atoms with van der Waals surface area (Å²) in [5, 5.41) is 4.18. The molecule has 0 amide bonds. The molecule has 21 heavy (non-hydrogen) atoms. The number of nitrogens with zero attached hydrogens (tertiary/aromatic N) is 4. The van der Waals surface area contributed by atoms with Gasteiger partial charge in [0.15, 0.2) is 0 Å².